The Kier molecular flexibility index (Phi) is 6.74. The summed E-state index contributed by atoms with van der Waals surface area (Å²) in [6.45, 7) is 1.70. The molecule has 2 aromatic heterocycles. The van der Waals surface area contributed by atoms with Crippen molar-refractivity contribution < 1.29 is 18.7 Å². The summed E-state index contributed by atoms with van der Waals surface area (Å²) >= 11 is 0. The summed E-state index contributed by atoms with van der Waals surface area (Å²) in [6.07, 6.45) is 2.15. The van der Waals surface area contributed by atoms with Crippen molar-refractivity contribution in [1.82, 2.24) is 24.3 Å². The Bertz CT molecular complexity index is 1240. The smallest absolute Gasteiger partial charge is 0.283 e. The van der Waals surface area contributed by atoms with Crippen LogP contribution < -0.4 is 5.56 Å². The fraction of sp³-hybridized carbons (Fsp3) is 0.348. The molecule has 0 radical (unpaired) electrons. The first kappa shape index (κ1) is 22.5. The molecule has 2 amide bonds. The van der Waals surface area contributed by atoms with E-state index >= 15 is 0 Å². The van der Waals surface area contributed by atoms with Crippen molar-refractivity contribution in [2.24, 2.45) is 0 Å². The van der Waals surface area contributed by atoms with Crippen molar-refractivity contribution in [3.8, 4) is 0 Å². The highest BCUT2D eigenvalue weighted by atomic mass is 19.1. The molecule has 0 N–H and O–H groups in total. The number of benzene rings is 1. The van der Waals surface area contributed by atoms with E-state index in [0.717, 1.165) is 0 Å². The van der Waals surface area contributed by atoms with Crippen LogP contribution in [0.25, 0.3) is 11.2 Å². The van der Waals surface area contributed by atoms with E-state index in [9.17, 15) is 18.8 Å². The molecule has 1 aliphatic rings. The summed E-state index contributed by atoms with van der Waals surface area (Å²) < 4.78 is 20.5. The Balaban J connectivity index is 1.53. The van der Waals surface area contributed by atoms with Gasteiger partial charge in [0.05, 0.1) is 5.56 Å². The van der Waals surface area contributed by atoms with Crippen LogP contribution in [0.5, 0.6) is 0 Å². The predicted octanol–water partition coefficient (Wildman–Crippen LogP) is 1.57. The van der Waals surface area contributed by atoms with E-state index in [0.29, 0.717) is 30.7 Å². The Hall–Kier alpha value is -3.66. The van der Waals surface area contributed by atoms with Crippen molar-refractivity contribution in [2.75, 3.05) is 39.9 Å². The standard InChI is InChI=1S/C23H24FN5O4/c1-33-15-5-10-29-20-18(8-4-9-25-20)26-19(23(29)32)22(31)28-13-11-27(12-14-28)21(30)16-6-2-3-7-17(16)24/h2-4,6-9H,5,10-15H2,1H3. The number of carbonyl (C=O) groups is 2. The second kappa shape index (κ2) is 9.86. The Labute approximate surface area is 189 Å². The molecule has 0 spiro atoms. The van der Waals surface area contributed by atoms with E-state index in [1.807, 2.05) is 0 Å². The number of aryl methyl sites for hydroxylation is 1. The molecule has 3 aromatic rings. The van der Waals surface area contributed by atoms with Gasteiger partial charge in [0, 0.05) is 52.6 Å². The van der Waals surface area contributed by atoms with Gasteiger partial charge >= 0.3 is 0 Å². The first-order chi connectivity index (χ1) is 16.0. The van der Waals surface area contributed by atoms with E-state index in [1.54, 1.807) is 31.5 Å². The third-order valence-electron chi connectivity index (χ3n) is 5.59. The summed E-state index contributed by atoms with van der Waals surface area (Å²) in [5, 5.41) is 0. The van der Waals surface area contributed by atoms with Crippen molar-refractivity contribution in [1.29, 1.82) is 0 Å². The third-order valence-corrected chi connectivity index (χ3v) is 5.59. The van der Waals surface area contributed by atoms with Crippen molar-refractivity contribution >= 4 is 23.0 Å². The lowest BCUT2D eigenvalue weighted by molar-refractivity contribution is 0.0528. The van der Waals surface area contributed by atoms with Crippen molar-refractivity contribution in [3.05, 3.63) is 70.0 Å². The second-order valence-electron chi connectivity index (χ2n) is 7.67. The van der Waals surface area contributed by atoms with E-state index in [4.69, 9.17) is 4.74 Å². The number of pyridine rings is 1. The number of carbonyl (C=O) groups excluding carboxylic acids is 2. The molecule has 4 rings (SSSR count). The molecule has 33 heavy (non-hydrogen) atoms. The summed E-state index contributed by atoms with van der Waals surface area (Å²) in [7, 11) is 1.58. The molecule has 172 valence electrons. The van der Waals surface area contributed by atoms with Crippen LogP contribution in [0, 0.1) is 5.82 Å². The number of aromatic nitrogens is 3. The normalized spacial score (nSPS) is 14.0. The number of halogens is 1. The van der Waals surface area contributed by atoms with Crippen LogP contribution in [0.15, 0.2) is 47.4 Å². The van der Waals surface area contributed by atoms with Gasteiger partial charge in [0.1, 0.15) is 11.3 Å². The van der Waals surface area contributed by atoms with E-state index in [2.05, 4.69) is 9.97 Å². The minimum atomic E-state index is -0.580. The highest BCUT2D eigenvalue weighted by Crippen LogP contribution is 2.14. The van der Waals surface area contributed by atoms with Crippen LogP contribution in [0.2, 0.25) is 0 Å². The molecule has 0 unspecified atom stereocenters. The number of rotatable bonds is 6. The molecule has 0 aliphatic carbocycles. The summed E-state index contributed by atoms with van der Waals surface area (Å²) in [5.74, 6) is -1.50. The van der Waals surface area contributed by atoms with Crippen LogP contribution in [-0.4, -0.2) is 76.0 Å². The van der Waals surface area contributed by atoms with Crippen molar-refractivity contribution in [2.45, 2.75) is 13.0 Å². The monoisotopic (exact) mass is 453 g/mol. The molecule has 1 aliphatic heterocycles. The SMILES string of the molecule is COCCCn1c(=O)c(C(=O)N2CCN(C(=O)c3ccccc3F)CC2)nc2cccnc21. The van der Waals surface area contributed by atoms with Gasteiger partial charge < -0.3 is 14.5 Å². The number of piperazine rings is 1. The quantitative estimate of drug-likeness (QED) is 0.526. The number of fused-ring (bicyclic) bond motifs is 1. The van der Waals surface area contributed by atoms with E-state index < -0.39 is 23.2 Å². The minimum absolute atomic E-state index is 0.0000764. The maximum Gasteiger partial charge on any atom is 0.283 e. The van der Waals surface area contributed by atoms with Crippen LogP contribution in [0.4, 0.5) is 4.39 Å². The highest BCUT2D eigenvalue weighted by molar-refractivity contribution is 5.96. The van der Waals surface area contributed by atoms with Gasteiger partial charge in [-0.15, -0.1) is 0 Å². The largest absolute Gasteiger partial charge is 0.385 e. The lowest BCUT2D eigenvalue weighted by Crippen LogP contribution is -2.51. The zero-order chi connectivity index (χ0) is 23.4. The third kappa shape index (κ3) is 4.61. The first-order valence-corrected chi connectivity index (χ1v) is 10.7. The molecule has 0 saturated carbocycles. The zero-order valence-corrected chi connectivity index (χ0v) is 18.2. The van der Waals surface area contributed by atoms with Gasteiger partial charge in [0.2, 0.25) is 0 Å². The topological polar surface area (TPSA) is 97.6 Å². The minimum Gasteiger partial charge on any atom is -0.385 e. The molecule has 3 heterocycles. The number of nitrogens with zero attached hydrogens (tertiary/aromatic N) is 5. The van der Waals surface area contributed by atoms with Gasteiger partial charge in [-0.2, -0.15) is 0 Å². The van der Waals surface area contributed by atoms with Gasteiger partial charge in [-0.25, -0.2) is 14.4 Å². The fourth-order valence-electron chi connectivity index (χ4n) is 3.86. The number of amides is 2. The molecule has 0 bridgehead atoms. The molecule has 9 nitrogen and oxygen atoms in total. The number of ether oxygens (including phenoxy) is 1. The Morgan fingerprint density at radius 1 is 1.03 bits per heavy atom. The van der Waals surface area contributed by atoms with Gasteiger partial charge in [-0.1, -0.05) is 12.1 Å². The molecular weight excluding hydrogens is 429 g/mol. The lowest BCUT2D eigenvalue weighted by Gasteiger charge is -2.34. The molecule has 1 saturated heterocycles. The first-order valence-electron chi connectivity index (χ1n) is 10.7. The average Bonchev–Trinajstić information content (AvgIpc) is 2.85. The van der Waals surface area contributed by atoms with Gasteiger partial charge in [0.15, 0.2) is 11.3 Å². The highest BCUT2D eigenvalue weighted by Gasteiger charge is 2.29. The van der Waals surface area contributed by atoms with Crippen LogP contribution in [0.1, 0.15) is 27.3 Å². The fourth-order valence-corrected chi connectivity index (χ4v) is 3.86. The molecular formula is C23H24FN5O4. The molecule has 1 aromatic carbocycles. The molecule has 1 fully saturated rings. The second-order valence-corrected chi connectivity index (χ2v) is 7.67. The van der Waals surface area contributed by atoms with E-state index in [1.165, 1.54) is 32.6 Å². The summed E-state index contributed by atoms with van der Waals surface area (Å²) in [4.78, 5) is 50.5. The predicted molar refractivity (Wildman–Crippen MR) is 118 cm³/mol. The van der Waals surface area contributed by atoms with Crippen LogP contribution >= 0.6 is 0 Å². The summed E-state index contributed by atoms with van der Waals surface area (Å²) in [6, 6.07) is 9.21. The lowest BCUT2D eigenvalue weighted by atomic mass is 10.1. The van der Waals surface area contributed by atoms with Crippen molar-refractivity contribution in [3.63, 3.8) is 0 Å². The van der Waals surface area contributed by atoms with Gasteiger partial charge in [-0.05, 0) is 30.7 Å². The van der Waals surface area contributed by atoms with Gasteiger partial charge in [0.25, 0.3) is 17.4 Å². The number of hydrogen-bond acceptors (Lipinski definition) is 6. The maximum atomic E-state index is 14.0. The van der Waals surface area contributed by atoms with Gasteiger partial charge in [-0.3, -0.25) is 19.0 Å². The zero-order valence-electron chi connectivity index (χ0n) is 18.2. The van der Waals surface area contributed by atoms with Crippen LogP contribution in [0.3, 0.4) is 0 Å². The average molecular weight is 453 g/mol. The molecule has 0 atom stereocenters. The Morgan fingerprint density at radius 2 is 1.73 bits per heavy atom. The maximum absolute atomic E-state index is 14.0. The Morgan fingerprint density at radius 3 is 2.42 bits per heavy atom. The summed E-state index contributed by atoms with van der Waals surface area (Å²) in [5.41, 5.74) is 0.176. The number of methoxy groups -OCH3 is 1. The van der Waals surface area contributed by atoms with E-state index in [-0.39, 0.29) is 37.4 Å². The van der Waals surface area contributed by atoms with Crippen LogP contribution in [-0.2, 0) is 11.3 Å². The number of hydrogen-bond donors (Lipinski definition) is 0. The molecule has 10 heteroatoms.